The number of piperidine rings is 1. The molecule has 0 aromatic carbocycles. The second-order valence-electron chi connectivity index (χ2n) is 6.03. The number of carbonyl (C=O) groups is 1. The molecule has 1 fully saturated rings. The van der Waals surface area contributed by atoms with Crippen LogP contribution in [0.5, 0.6) is 0 Å². The van der Waals surface area contributed by atoms with Gasteiger partial charge in [0, 0.05) is 24.8 Å². The number of amides is 2. The Morgan fingerprint density at radius 1 is 1.54 bits per heavy atom. The summed E-state index contributed by atoms with van der Waals surface area (Å²) in [5.74, 6) is 0.772. The van der Waals surface area contributed by atoms with Crippen molar-refractivity contribution in [3.05, 3.63) is 41.6 Å². The molecule has 2 aromatic heterocycles. The molecule has 0 bridgehead atoms. The summed E-state index contributed by atoms with van der Waals surface area (Å²) >= 11 is 0. The van der Waals surface area contributed by atoms with Gasteiger partial charge in [-0.05, 0) is 32.8 Å². The highest BCUT2D eigenvalue weighted by Crippen LogP contribution is 2.26. The maximum atomic E-state index is 13.8. The van der Waals surface area contributed by atoms with Crippen molar-refractivity contribution >= 4 is 6.03 Å². The number of pyridine rings is 1. The third kappa shape index (κ3) is 3.52. The molecule has 2 unspecified atom stereocenters. The molecule has 8 heteroatoms. The number of aromatic nitrogens is 3. The van der Waals surface area contributed by atoms with Gasteiger partial charge in [-0.15, -0.1) is 0 Å². The van der Waals surface area contributed by atoms with Crippen LogP contribution >= 0.6 is 0 Å². The fourth-order valence-electron chi connectivity index (χ4n) is 2.93. The van der Waals surface area contributed by atoms with Gasteiger partial charge < -0.3 is 14.7 Å². The van der Waals surface area contributed by atoms with Gasteiger partial charge in [0.05, 0.1) is 18.2 Å². The zero-order chi connectivity index (χ0) is 17.1. The highest BCUT2D eigenvalue weighted by molar-refractivity contribution is 5.74. The van der Waals surface area contributed by atoms with E-state index in [1.165, 1.54) is 6.20 Å². The molecule has 1 N–H and O–H groups in total. The largest absolute Gasteiger partial charge is 0.339 e. The lowest BCUT2D eigenvalue weighted by atomic mass is 9.98. The molecule has 128 valence electrons. The predicted molar refractivity (Wildman–Crippen MR) is 83.7 cm³/mol. The minimum absolute atomic E-state index is 0.0404. The lowest BCUT2D eigenvalue weighted by Gasteiger charge is -2.32. The lowest BCUT2D eigenvalue weighted by Crippen LogP contribution is -2.45. The molecule has 3 rings (SSSR count). The second-order valence-corrected chi connectivity index (χ2v) is 6.03. The van der Waals surface area contributed by atoms with E-state index in [0.29, 0.717) is 30.4 Å². The summed E-state index contributed by atoms with van der Waals surface area (Å²) in [7, 11) is 0. The van der Waals surface area contributed by atoms with Crippen LogP contribution in [0.3, 0.4) is 0 Å². The molecule has 0 spiro atoms. The van der Waals surface area contributed by atoms with Crippen LogP contribution in [0.15, 0.2) is 23.0 Å². The predicted octanol–water partition coefficient (Wildman–Crippen LogP) is 2.56. The number of urea groups is 1. The molecule has 1 saturated heterocycles. The number of nitrogens with one attached hydrogen (secondary N) is 1. The monoisotopic (exact) mass is 333 g/mol. The highest BCUT2D eigenvalue weighted by Gasteiger charge is 2.29. The topological polar surface area (TPSA) is 84.2 Å². The summed E-state index contributed by atoms with van der Waals surface area (Å²) in [4.78, 5) is 22.2. The maximum Gasteiger partial charge on any atom is 0.317 e. The number of rotatable bonds is 3. The van der Waals surface area contributed by atoms with Gasteiger partial charge in [0.1, 0.15) is 5.82 Å². The van der Waals surface area contributed by atoms with Gasteiger partial charge in [-0.3, -0.25) is 4.98 Å². The minimum Gasteiger partial charge on any atom is -0.339 e. The van der Waals surface area contributed by atoms with E-state index in [-0.39, 0.29) is 11.9 Å². The van der Waals surface area contributed by atoms with Crippen molar-refractivity contribution in [1.82, 2.24) is 25.3 Å². The van der Waals surface area contributed by atoms with Gasteiger partial charge in [-0.2, -0.15) is 4.98 Å². The van der Waals surface area contributed by atoms with Crippen molar-refractivity contribution in [3.63, 3.8) is 0 Å². The summed E-state index contributed by atoms with van der Waals surface area (Å²) in [6.07, 6.45) is 4.42. The van der Waals surface area contributed by atoms with Crippen molar-refractivity contribution in [2.75, 3.05) is 13.1 Å². The molecule has 0 saturated carbocycles. The van der Waals surface area contributed by atoms with Gasteiger partial charge in [-0.1, -0.05) is 5.16 Å². The van der Waals surface area contributed by atoms with E-state index in [4.69, 9.17) is 4.52 Å². The first-order valence-electron chi connectivity index (χ1n) is 7.99. The molecule has 0 radical (unpaired) electrons. The minimum atomic E-state index is -0.438. The van der Waals surface area contributed by atoms with E-state index in [1.807, 2.05) is 0 Å². The van der Waals surface area contributed by atoms with Crippen LogP contribution in [0.1, 0.15) is 49.0 Å². The quantitative estimate of drug-likeness (QED) is 0.933. The molecule has 7 nitrogen and oxygen atoms in total. The Bertz CT molecular complexity index is 720. The van der Waals surface area contributed by atoms with Crippen LogP contribution in [0.4, 0.5) is 9.18 Å². The molecule has 1 aliphatic rings. The Hall–Kier alpha value is -2.51. The smallest absolute Gasteiger partial charge is 0.317 e. The summed E-state index contributed by atoms with van der Waals surface area (Å²) < 4.78 is 19.0. The fourth-order valence-corrected chi connectivity index (χ4v) is 2.93. The van der Waals surface area contributed by atoms with Gasteiger partial charge >= 0.3 is 6.03 Å². The van der Waals surface area contributed by atoms with Crippen molar-refractivity contribution in [2.45, 2.75) is 38.6 Å². The molecule has 3 heterocycles. The number of aryl methyl sites for hydroxylation is 1. The van der Waals surface area contributed by atoms with Crippen molar-refractivity contribution < 1.29 is 13.7 Å². The Labute approximate surface area is 139 Å². The molecule has 2 aromatic rings. The number of hydrogen-bond acceptors (Lipinski definition) is 5. The Morgan fingerprint density at radius 3 is 3.08 bits per heavy atom. The molecule has 0 aliphatic carbocycles. The third-order valence-corrected chi connectivity index (χ3v) is 4.21. The van der Waals surface area contributed by atoms with E-state index < -0.39 is 11.9 Å². The maximum absolute atomic E-state index is 13.8. The second kappa shape index (κ2) is 6.94. The average Bonchev–Trinajstić information content (AvgIpc) is 3.02. The average molecular weight is 333 g/mol. The van der Waals surface area contributed by atoms with Crippen LogP contribution in [0.25, 0.3) is 0 Å². The molecule has 2 atom stereocenters. The van der Waals surface area contributed by atoms with Gasteiger partial charge in [0.15, 0.2) is 5.82 Å². The molecule has 2 amide bonds. The third-order valence-electron chi connectivity index (χ3n) is 4.21. The van der Waals surface area contributed by atoms with E-state index in [2.05, 4.69) is 20.4 Å². The van der Waals surface area contributed by atoms with Gasteiger partial charge in [-0.25, -0.2) is 9.18 Å². The van der Waals surface area contributed by atoms with E-state index in [9.17, 15) is 9.18 Å². The normalized spacial score (nSPS) is 19.1. The Kier molecular flexibility index (Phi) is 4.73. The van der Waals surface area contributed by atoms with Crippen LogP contribution < -0.4 is 5.32 Å². The zero-order valence-electron chi connectivity index (χ0n) is 13.7. The summed E-state index contributed by atoms with van der Waals surface area (Å²) in [6.45, 7) is 4.68. The van der Waals surface area contributed by atoms with Crippen molar-refractivity contribution in [1.29, 1.82) is 0 Å². The number of carbonyl (C=O) groups excluding carboxylic acids is 1. The molecule has 1 aliphatic heterocycles. The van der Waals surface area contributed by atoms with Gasteiger partial charge in [0.2, 0.25) is 5.89 Å². The summed E-state index contributed by atoms with van der Waals surface area (Å²) in [6, 6.07) is 0.909. The first-order chi connectivity index (χ1) is 11.5. The SMILES string of the molecule is Cc1noc(C2CCCN(C(=O)NC(C)c3ccncc3F)C2)n1. The first-order valence-corrected chi connectivity index (χ1v) is 7.99. The van der Waals surface area contributed by atoms with E-state index in [1.54, 1.807) is 24.8 Å². The van der Waals surface area contributed by atoms with Crippen molar-refractivity contribution in [3.8, 4) is 0 Å². The van der Waals surface area contributed by atoms with E-state index >= 15 is 0 Å². The van der Waals surface area contributed by atoms with Crippen LogP contribution in [-0.4, -0.2) is 39.1 Å². The lowest BCUT2D eigenvalue weighted by molar-refractivity contribution is 0.169. The molecule has 24 heavy (non-hydrogen) atoms. The van der Waals surface area contributed by atoms with Gasteiger partial charge in [0.25, 0.3) is 0 Å². The standard InChI is InChI=1S/C16H20FN5O2/c1-10(13-5-6-18-8-14(13)17)19-16(23)22-7-3-4-12(9-22)15-20-11(2)21-24-15/h5-6,8,10,12H,3-4,7,9H2,1-2H3,(H,19,23). The summed E-state index contributed by atoms with van der Waals surface area (Å²) in [5.41, 5.74) is 0.416. The van der Waals surface area contributed by atoms with Crippen LogP contribution in [0.2, 0.25) is 0 Å². The number of likely N-dealkylation sites (tertiary alicyclic amines) is 1. The highest BCUT2D eigenvalue weighted by atomic mass is 19.1. The number of nitrogens with zero attached hydrogens (tertiary/aromatic N) is 4. The molecular weight excluding hydrogens is 313 g/mol. The first kappa shape index (κ1) is 16.4. The Morgan fingerprint density at radius 2 is 2.38 bits per heavy atom. The number of halogens is 1. The van der Waals surface area contributed by atoms with E-state index in [0.717, 1.165) is 19.0 Å². The zero-order valence-corrected chi connectivity index (χ0v) is 13.7. The summed E-state index contributed by atoms with van der Waals surface area (Å²) in [5, 5.41) is 6.64. The van der Waals surface area contributed by atoms with Crippen LogP contribution in [-0.2, 0) is 0 Å². The number of hydrogen-bond donors (Lipinski definition) is 1. The Balaban J connectivity index is 1.63. The van der Waals surface area contributed by atoms with Crippen molar-refractivity contribution in [2.24, 2.45) is 0 Å². The fraction of sp³-hybridized carbons (Fsp3) is 0.500. The molecular formula is C16H20FN5O2. The van der Waals surface area contributed by atoms with Crippen LogP contribution in [0, 0.1) is 12.7 Å².